The molecule has 0 aromatic carbocycles. The highest BCUT2D eigenvalue weighted by molar-refractivity contribution is 14.0. The van der Waals surface area contributed by atoms with Crippen molar-refractivity contribution in [2.75, 3.05) is 32.8 Å². The van der Waals surface area contributed by atoms with E-state index >= 15 is 0 Å². The van der Waals surface area contributed by atoms with Crippen molar-refractivity contribution in [3.8, 4) is 0 Å². The summed E-state index contributed by atoms with van der Waals surface area (Å²) in [5, 5.41) is 6.97. The third-order valence-electron chi connectivity index (χ3n) is 4.82. The normalized spacial score (nSPS) is 15.2. The Labute approximate surface area is 192 Å². The first-order chi connectivity index (χ1) is 13.6. The molecular weight excluding hydrogens is 483 g/mol. The second-order valence-electron chi connectivity index (χ2n) is 7.63. The van der Waals surface area contributed by atoms with Gasteiger partial charge in [-0.1, -0.05) is 13.8 Å². The van der Waals surface area contributed by atoms with Crippen molar-refractivity contribution < 1.29 is 13.9 Å². The summed E-state index contributed by atoms with van der Waals surface area (Å²) >= 11 is 0. The van der Waals surface area contributed by atoms with Crippen molar-refractivity contribution in [2.24, 2.45) is 10.9 Å². The van der Waals surface area contributed by atoms with Crippen LogP contribution in [0.3, 0.4) is 0 Å². The third-order valence-corrected chi connectivity index (χ3v) is 4.82. The number of likely N-dealkylation sites (tertiary alicyclic amines) is 1. The fourth-order valence-corrected chi connectivity index (χ4v) is 3.22. The summed E-state index contributed by atoms with van der Waals surface area (Å²) in [7, 11) is 0. The highest BCUT2D eigenvalue weighted by Gasteiger charge is 2.24. The maximum absolute atomic E-state index is 11.8. The molecule has 0 unspecified atom stereocenters. The van der Waals surface area contributed by atoms with Gasteiger partial charge in [-0.15, -0.1) is 24.0 Å². The van der Waals surface area contributed by atoms with E-state index < -0.39 is 0 Å². The molecule has 0 bridgehead atoms. The fourth-order valence-electron chi connectivity index (χ4n) is 3.22. The van der Waals surface area contributed by atoms with E-state index in [1.165, 1.54) is 6.42 Å². The Hall–Kier alpha value is -1.45. The lowest BCUT2D eigenvalue weighted by Crippen LogP contribution is -2.50. The highest BCUT2D eigenvalue weighted by Crippen LogP contribution is 2.11. The SMILES string of the molecule is CCOC(=O)N1CCC(NC(=NCCCC(C)C)NCCc2ccco2)CC1.I. The molecule has 1 fully saturated rings. The largest absolute Gasteiger partial charge is 0.469 e. The van der Waals surface area contributed by atoms with E-state index in [9.17, 15) is 4.79 Å². The van der Waals surface area contributed by atoms with Crippen LogP contribution >= 0.6 is 24.0 Å². The molecule has 1 amide bonds. The zero-order chi connectivity index (χ0) is 20.2. The average Bonchev–Trinajstić information content (AvgIpc) is 3.19. The molecule has 8 heteroatoms. The Morgan fingerprint density at radius 1 is 1.38 bits per heavy atom. The Morgan fingerprint density at radius 2 is 2.14 bits per heavy atom. The van der Waals surface area contributed by atoms with E-state index in [4.69, 9.17) is 14.1 Å². The number of piperidine rings is 1. The second kappa shape index (κ2) is 14.5. The second-order valence-corrected chi connectivity index (χ2v) is 7.63. The van der Waals surface area contributed by atoms with Crippen molar-refractivity contribution in [1.82, 2.24) is 15.5 Å². The molecule has 1 aromatic heterocycles. The van der Waals surface area contributed by atoms with Gasteiger partial charge in [0.25, 0.3) is 0 Å². The minimum absolute atomic E-state index is 0. The van der Waals surface area contributed by atoms with Crippen molar-refractivity contribution in [3.63, 3.8) is 0 Å². The maximum Gasteiger partial charge on any atom is 0.409 e. The van der Waals surface area contributed by atoms with Gasteiger partial charge in [0.1, 0.15) is 5.76 Å². The molecule has 29 heavy (non-hydrogen) atoms. The number of carbonyl (C=O) groups excluding carboxylic acids is 1. The summed E-state index contributed by atoms with van der Waals surface area (Å²) in [6.45, 7) is 9.74. The van der Waals surface area contributed by atoms with E-state index in [0.29, 0.717) is 31.7 Å². The van der Waals surface area contributed by atoms with Crippen LogP contribution in [0.25, 0.3) is 0 Å². The minimum Gasteiger partial charge on any atom is -0.469 e. The van der Waals surface area contributed by atoms with Crippen molar-refractivity contribution in [3.05, 3.63) is 24.2 Å². The lowest BCUT2D eigenvalue weighted by atomic mass is 10.1. The van der Waals surface area contributed by atoms with Crippen LogP contribution in [0.2, 0.25) is 0 Å². The van der Waals surface area contributed by atoms with Crippen LogP contribution in [0.1, 0.15) is 52.2 Å². The Balaban J connectivity index is 0.00000420. The summed E-state index contributed by atoms with van der Waals surface area (Å²) in [5.41, 5.74) is 0. The minimum atomic E-state index is -0.208. The van der Waals surface area contributed by atoms with E-state index in [0.717, 1.165) is 50.5 Å². The Kier molecular flexibility index (Phi) is 12.8. The number of rotatable bonds is 9. The van der Waals surface area contributed by atoms with Crippen LogP contribution in [0.15, 0.2) is 27.8 Å². The number of amides is 1. The average molecular weight is 520 g/mol. The summed E-state index contributed by atoms with van der Waals surface area (Å²) in [6, 6.07) is 4.21. The predicted octanol–water partition coefficient (Wildman–Crippen LogP) is 4.03. The molecule has 1 aliphatic rings. The first kappa shape index (κ1) is 25.6. The van der Waals surface area contributed by atoms with E-state index in [1.807, 2.05) is 19.1 Å². The number of hydrogen-bond acceptors (Lipinski definition) is 4. The van der Waals surface area contributed by atoms with Gasteiger partial charge in [-0.05, 0) is 50.7 Å². The van der Waals surface area contributed by atoms with Gasteiger partial charge in [-0.2, -0.15) is 0 Å². The summed E-state index contributed by atoms with van der Waals surface area (Å²) in [4.78, 5) is 18.4. The fraction of sp³-hybridized carbons (Fsp3) is 0.714. The van der Waals surface area contributed by atoms with Gasteiger partial charge in [-0.3, -0.25) is 4.99 Å². The lowest BCUT2D eigenvalue weighted by Gasteiger charge is -2.32. The topological polar surface area (TPSA) is 79.1 Å². The molecule has 2 N–H and O–H groups in total. The lowest BCUT2D eigenvalue weighted by molar-refractivity contribution is 0.0963. The number of furan rings is 1. The van der Waals surface area contributed by atoms with Crippen LogP contribution in [-0.2, 0) is 11.2 Å². The zero-order valence-corrected chi connectivity index (χ0v) is 20.3. The van der Waals surface area contributed by atoms with Crippen molar-refractivity contribution >= 4 is 36.0 Å². The first-order valence-corrected chi connectivity index (χ1v) is 10.6. The van der Waals surface area contributed by atoms with Gasteiger partial charge < -0.3 is 24.7 Å². The number of guanidine groups is 1. The zero-order valence-electron chi connectivity index (χ0n) is 18.0. The monoisotopic (exact) mass is 520 g/mol. The number of nitrogens with one attached hydrogen (secondary N) is 2. The van der Waals surface area contributed by atoms with Crippen LogP contribution < -0.4 is 10.6 Å². The van der Waals surface area contributed by atoms with Gasteiger partial charge in [-0.25, -0.2) is 4.79 Å². The highest BCUT2D eigenvalue weighted by atomic mass is 127. The number of hydrogen-bond donors (Lipinski definition) is 2. The van der Waals surface area contributed by atoms with Crippen LogP contribution in [0.5, 0.6) is 0 Å². The molecule has 0 atom stereocenters. The molecule has 0 radical (unpaired) electrons. The van der Waals surface area contributed by atoms with Crippen LogP contribution in [0, 0.1) is 5.92 Å². The Morgan fingerprint density at radius 3 is 2.76 bits per heavy atom. The molecule has 7 nitrogen and oxygen atoms in total. The molecule has 1 saturated heterocycles. The molecular formula is C21H37IN4O3. The van der Waals surface area contributed by atoms with Gasteiger partial charge in [0.2, 0.25) is 0 Å². The number of nitrogens with zero attached hydrogens (tertiary/aromatic N) is 2. The van der Waals surface area contributed by atoms with Gasteiger partial charge >= 0.3 is 6.09 Å². The molecule has 166 valence electrons. The van der Waals surface area contributed by atoms with Crippen LogP contribution in [0.4, 0.5) is 4.79 Å². The summed E-state index contributed by atoms with van der Waals surface area (Å²) in [6.07, 6.45) is 6.37. The Bertz CT molecular complexity index is 585. The maximum atomic E-state index is 11.8. The van der Waals surface area contributed by atoms with E-state index in [1.54, 1.807) is 11.2 Å². The summed E-state index contributed by atoms with van der Waals surface area (Å²) in [5.74, 6) is 2.52. The summed E-state index contributed by atoms with van der Waals surface area (Å²) < 4.78 is 10.5. The molecule has 0 saturated carbocycles. The van der Waals surface area contributed by atoms with Gasteiger partial charge in [0, 0.05) is 38.6 Å². The molecule has 1 aromatic rings. The standard InChI is InChI=1S/C21H36N4O3.HI/c1-4-27-21(26)25-14-10-18(11-15-25)24-20(22-12-5-7-17(2)3)23-13-9-19-8-6-16-28-19;/h6,8,16-18H,4-5,7,9-15H2,1-3H3,(H2,22,23,24);1H. The van der Waals surface area contributed by atoms with Gasteiger partial charge in [0.15, 0.2) is 5.96 Å². The molecule has 1 aliphatic heterocycles. The van der Waals surface area contributed by atoms with Crippen LogP contribution in [-0.4, -0.2) is 55.8 Å². The van der Waals surface area contributed by atoms with Crippen molar-refractivity contribution in [2.45, 2.75) is 58.9 Å². The number of carbonyl (C=O) groups is 1. The third kappa shape index (κ3) is 10.2. The number of aliphatic imine (C=N–C) groups is 1. The first-order valence-electron chi connectivity index (χ1n) is 10.6. The predicted molar refractivity (Wildman–Crippen MR) is 127 cm³/mol. The number of ether oxygens (including phenoxy) is 1. The quantitative estimate of drug-likeness (QED) is 0.223. The van der Waals surface area contributed by atoms with Gasteiger partial charge in [0.05, 0.1) is 12.9 Å². The van der Waals surface area contributed by atoms with Crippen molar-refractivity contribution in [1.29, 1.82) is 0 Å². The van der Waals surface area contributed by atoms with E-state index in [2.05, 4.69) is 24.5 Å². The molecule has 2 rings (SSSR count). The van der Waals surface area contributed by atoms with E-state index in [-0.39, 0.29) is 30.1 Å². The molecule has 0 spiro atoms. The number of halogens is 1. The smallest absolute Gasteiger partial charge is 0.409 e. The molecule has 0 aliphatic carbocycles. The molecule has 2 heterocycles.